The molecule has 3 rings (SSSR count). The van der Waals surface area contributed by atoms with Gasteiger partial charge in [-0.25, -0.2) is 4.98 Å². The predicted octanol–water partition coefficient (Wildman–Crippen LogP) is 2.83. The van der Waals surface area contributed by atoms with E-state index >= 15 is 0 Å². The summed E-state index contributed by atoms with van der Waals surface area (Å²) in [4.78, 5) is 8.65. The van der Waals surface area contributed by atoms with Crippen LogP contribution in [0.1, 0.15) is 17.8 Å². The summed E-state index contributed by atoms with van der Waals surface area (Å²) < 4.78 is 46.1. The Morgan fingerprint density at radius 2 is 1.91 bits per heavy atom. The molecule has 1 aromatic heterocycles. The Balaban J connectivity index is 1.97. The fourth-order valence-corrected chi connectivity index (χ4v) is 2.41. The third kappa shape index (κ3) is 3.53. The summed E-state index contributed by atoms with van der Waals surface area (Å²) >= 11 is 0. The second kappa shape index (κ2) is 6.04. The van der Waals surface area contributed by atoms with Crippen LogP contribution in [0.3, 0.4) is 0 Å². The predicted molar refractivity (Wildman–Crippen MR) is 75.9 cm³/mol. The Hall–Kier alpha value is -2.35. The number of fused-ring (bicyclic) bond motifs is 1. The summed E-state index contributed by atoms with van der Waals surface area (Å²) in [6, 6.07) is 5.56. The van der Waals surface area contributed by atoms with Crippen molar-refractivity contribution in [3.8, 4) is 22.9 Å². The number of hydrogen-bond donors (Lipinski definition) is 1. The van der Waals surface area contributed by atoms with Crippen LogP contribution in [-0.4, -0.2) is 22.9 Å². The summed E-state index contributed by atoms with van der Waals surface area (Å²) in [5.41, 5.74) is 7.74. The smallest absolute Gasteiger partial charge is 0.477 e. The second-order valence-corrected chi connectivity index (χ2v) is 5.00. The maximum Gasteiger partial charge on any atom is 0.573 e. The summed E-state index contributed by atoms with van der Waals surface area (Å²) in [7, 11) is 0. The molecular formula is C15H14F3N3O2. The molecule has 5 nitrogen and oxygen atoms in total. The van der Waals surface area contributed by atoms with Crippen LogP contribution in [0.4, 0.5) is 13.2 Å². The van der Waals surface area contributed by atoms with Gasteiger partial charge >= 0.3 is 6.36 Å². The van der Waals surface area contributed by atoms with E-state index in [1.54, 1.807) is 0 Å². The van der Waals surface area contributed by atoms with E-state index in [4.69, 9.17) is 10.5 Å². The number of hydrogen-bond acceptors (Lipinski definition) is 5. The molecule has 0 saturated carbocycles. The lowest BCUT2D eigenvalue weighted by atomic mass is 10.0. The number of ether oxygens (including phenoxy) is 2. The highest BCUT2D eigenvalue weighted by molar-refractivity contribution is 5.66. The van der Waals surface area contributed by atoms with Crippen molar-refractivity contribution in [3.63, 3.8) is 0 Å². The minimum atomic E-state index is -4.71. The third-order valence-electron chi connectivity index (χ3n) is 3.37. The zero-order chi connectivity index (χ0) is 16.4. The van der Waals surface area contributed by atoms with E-state index in [1.807, 2.05) is 0 Å². The van der Waals surface area contributed by atoms with Gasteiger partial charge in [0.1, 0.15) is 11.6 Å². The van der Waals surface area contributed by atoms with Crippen LogP contribution in [0.25, 0.3) is 11.3 Å². The van der Waals surface area contributed by atoms with Crippen molar-refractivity contribution in [1.82, 2.24) is 9.97 Å². The molecule has 1 aliphatic rings. The first kappa shape index (κ1) is 15.5. The van der Waals surface area contributed by atoms with Gasteiger partial charge in [-0.15, -0.1) is 13.2 Å². The van der Waals surface area contributed by atoms with Gasteiger partial charge in [-0.05, 0) is 37.1 Å². The lowest BCUT2D eigenvalue weighted by molar-refractivity contribution is -0.274. The van der Waals surface area contributed by atoms with E-state index in [-0.39, 0.29) is 12.3 Å². The highest BCUT2D eigenvalue weighted by Gasteiger charge is 2.31. The zero-order valence-corrected chi connectivity index (χ0v) is 12.1. The molecule has 2 heterocycles. The molecule has 0 unspecified atom stereocenters. The molecular weight excluding hydrogens is 311 g/mol. The Morgan fingerprint density at radius 3 is 2.57 bits per heavy atom. The number of aromatic nitrogens is 2. The van der Waals surface area contributed by atoms with Crippen molar-refractivity contribution < 1.29 is 22.6 Å². The minimum absolute atomic E-state index is 0.152. The summed E-state index contributed by atoms with van der Waals surface area (Å²) in [5.74, 6) is 0.646. The Bertz CT molecular complexity index is 702. The van der Waals surface area contributed by atoms with Crippen molar-refractivity contribution >= 4 is 0 Å². The molecule has 0 aliphatic carbocycles. The highest BCUT2D eigenvalue weighted by Crippen LogP contribution is 2.33. The number of nitrogens with two attached hydrogens (primary N) is 1. The first-order valence-electron chi connectivity index (χ1n) is 7.05. The first-order valence-corrected chi connectivity index (χ1v) is 7.05. The summed E-state index contributed by atoms with van der Waals surface area (Å²) in [6.07, 6.45) is -3.13. The van der Waals surface area contributed by atoms with E-state index in [0.717, 1.165) is 18.4 Å². The standard InChI is InChI=1S/C15H14F3N3O2/c16-15(17,18)23-10-5-3-9(4-6-10)13-11-2-1-7-22-14(11)21-12(8-19)20-13/h3-6H,1-2,7-8,19H2. The van der Waals surface area contributed by atoms with Gasteiger partial charge in [0.2, 0.25) is 5.88 Å². The van der Waals surface area contributed by atoms with Crippen LogP contribution in [0.2, 0.25) is 0 Å². The maximum absolute atomic E-state index is 12.2. The number of rotatable bonds is 3. The molecule has 0 spiro atoms. The van der Waals surface area contributed by atoms with E-state index < -0.39 is 6.36 Å². The zero-order valence-electron chi connectivity index (χ0n) is 12.1. The largest absolute Gasteiger partial charge is 0.573 e. The van der Waals surface area contributed by atoms with Gasteiger partial charge < -0.3 is 15.2 Å². The summed E-state index contributed by atoms with van der Waals surface area (Å²) in [6.45, 7) is 0.727. The molecule has 0 radical (unpaired) electrons. The Labute approximate surface area is 130 Å². The Kier molecular flexibility index (Phi) is 4.08. The van der Waals surface area contributed by atoms with E-state index in [2.05, 4.69) is 14.7 Å². The topological polar surface area (TPSA) is 70.3 Å². The average Bonchev–Trinajstić information content (AvgIpc) is 2.53. The van der Waals surface area contributed by atoms with Gasteiger partial charge in [0, 0.05) is 11.1 Å². The minimum Gasteiger partial charge on any atom is -0.477 e. The SMILES string of the molecule is NCc1nc2c(c(-c3ccc(OC(F)(F)F)cc3)n1)CCCO2. The normalized spacial score (nSPS) is 14.1. The molecule has 2 aromatic rings. The van der Waals surface area contributed by atoms with Crippen molar-refractivity contribution in [1.29, 1.82) is 0 Å². The van der Waals surface area contributed by atoms with Crippen molar-refractivity contribution in [2.75, 3.05) is 6.61 Å². The van der Waals surface area contributed by atoms with Crippen LogP contribution in [0.5, 0.6) is 11.6 Å². The molecule has 23 heavy (non-hydrogen) atoms. The van der Waals surface area contributed by atoms with Crippen molar-refractivity contribution in [2.45, 2.75) is 25.7 Å². The van der Waals surface area contributed by atoms with Crippen LogP contribution >= 0.6 is 0 Å². The van der Waals surface area contributed by atoms with Crippen LogP contribution in [0, 0.1) is 0 Å². The van der Waals surface area contributed by atoms with Crippen molar-refractivity contribution in [3.05, 3.63) is 35.7 Å². The third-order valence-corrected chi connectivity index (χ3v) is 3.37. The molecule has 0 atom stereocenters. The first-order chi connectivity index (χ1) is 11.0. The van der Waals surface area contributed by atoms with Gasteiger partial charge in [0.15, 0.2) is 0 Å². The van der Waals surface area contributed by atoms with E-state index in [9.17, 15) is 13.2 Å². The number of alkyl halides is 3. The monoisotopic (exact) mass is 325 g/mol. The van der Waals surface area contributed by atoms with Crippen LogP contribution in [-0.2, 0) is 13.0 Å². The van der Waals surface area contributed by atoms with Gasteiger partial charge in [-0.1, -0.05) is 0 Å². The fraction of sp³-hybridized carbons (Fsp3) is 0.333. The van der Waals surface area contributed by atoms with Gasteiger partial charge in [-0.3, -0.25) is 0 Å². The highest BCUT2D eigenvalue weighted by atomic mass is 19.4. The molecule has 0 saturated heterocycles. The molecule has 0 amide bonds. The maximum atomic E-state index is 12.2. The van der Waals surface area contributed by atoms with E-state index in [1.165, 1.54) is 24.3 Å². The van der Waals surface area contributed by atoms with Crippen LogP contribution < -0.4 is 15.2 Å². The number of nitrogens with zero attached hydrogens (tertiary/aromatic N) is 2. The molecule has 0 fully saturated rings. The number of benzene rings is 1. The average molecular weight is 325 g/mol. The van der Waals surface area contributed by atoms with Crippen LogP contribution in [0.15, 0.2) is 24.3 Å². The molecule has 1 aliphatic heterocycles. The van der Waals surface area contributed by atoms with Gasteiger partial charge in [-0.2, -0.15) is 4.98 Å². The second-order valence-electron chi connectivity index (χ2n) is 5.00. The molecule has 2 N–H and O–H groups in total. The lowest BCUT2D eigenvalue weighted by Gasteiger charge is -2.19. The van der Waals surface area contributed by atoms with Gasteiger partial charge in [0.25, 0.3) is 0 Å². The fourth-order valence-electron chi connectivity index (χ4n) is 2.41. The number of halogens is 3. The summed E-state index contributed by atoms with van der Waals surface area (Å²) in [5, 5.41) is 0. The van der Waals surface area contributed by atoms with Crippen molar-refractivity contribution in [2.24, 2.45) is 5.73 Å². The Morgan fingerprint density at radius 1 is 1.17 bits per heavy atom. The van der Waals surface area contributed by atoms with E-state index in [0.29, 0.717) is 29.6 Å². The quantitative estimate of drug-likeness (QED) is 0.939. The molecule has 1 aromatic carbocycles. The lowest BCUT2D eigenvalue weighted by Crippen LogP contribution is -2.17. The molecule has 8 heteroatoms. The molecule has 0 bridgehead atoms. The van der Waals surface area contributed by atoms with Gasteiger partial charge in [0.05, 0.1) is 18.8 Å². The molecule has 122 valence electrons.